The average molecular weight is 361 g/mol. The molecule has 4 unspecified atom stereocenters. The number of fused-ring (bicyclic) bond motifs is 2. The van der Waals surface area contributed by atoms with Crippen molar-refractivity contribution in [2.24, 2.45) is 23.5 Å². The topological polar surface area (TPSA) is 55.1 Å². The molecule has 134 valence electrons. The zero-order valence-electron chi connectivity index (χ0n) is 14.3. The summed E-state index contributed by atoms with van der Waals surface area (Å²) in [6.07, 6.45) is 10.8. The molecule has 0 aromatic heterocycles. The minimum absolute atomic E-state index is 0. The van der Waals surface area contributed by atoms with Gasteiger partial charge in [-0.3, -0.25) is 4.79 Å². The molecule has 3 aliphatic carbocycles. The van der Waals surface area contributed by atoms with Gasteiger partial charge in [-0.1, -0.05) is 19.8 Å². The molecule has 0 spiro atoms. The molecule has 23 heavy (non-hydrogen) atoms. The van der Waals surface area contributed by atoms with Gasteiger partial charge in [0.15, 0.2) is 0 Å². The number of carbonyl (C=O) groups excluding carboxylic acids is 1. The van der Waals surface area contributed by atoms with Gasteiger partial charge in [-0.15, -0.1) is 12.4 Å². The Labute approximate surface area is 151 Å². The van der Waals surface area contributed by atoms with Crippen LogP contribution >= 0.6 is 24.2 Å². The first-order chi connectivity index (χ1) is 10.7. The Hall–Kier alpha value is 0.0700. The van der Waals surface area contributed by atoms with Gasteiger partial charge < -0.3 is 11.1 Å². The largest absolute Gasteiger partial charge is 0.353 e. The minimum atomic E-state index is 0. The summed E-state index contributed by atoms with van der Waals surface area (Å²) in [4.78, 5) is 12.7. The molecular weight excluding hydrogens is 328 g/mol. The highest BCUT2D eigenvalue weighted by Gasteiger charge is 2.41. The van der Waals surface area contributed by atoms with E-state index >= 15 is 0 Å². The molecule has 3 aliphatic rings. The van der Waals surface area contributed by atoms with Crippen molar-refractivity contribution >= 4 is 30.1 Å². The maximum Gasteiger partial charge on any atom is 0.223 e. The average Bonchev–Trinajstić information content (AvgIpc) is 2.47. The van der Waals surface area contributed by atoms with Crippen molar-refractivity contribution in [3.8, 4) is 0 Å². The third kappa shape index (κ3) is 4.79. The molecule has 2 bridgehead atoms. The second kappa shape index (κ2) is 8.96. The summed E-state index contributed by atoms with van der Waals surface area (Å²) in [5.74, 6) is 2.94. The van der Waals surface area contributed by atoms with Crippen LogP contribution in [0.3, 0.4) is 0 Å². The second-order valence-corrected chi connectivity index (χ2v) is 9.22. The molecule has 3 fully saturated rings. The summed E-state index contributed by atoms with van der Waals surface area (Å²) in [6, 6.07) is 0.776. The number of nitrogens with two attached hydrogens (primary N) is 1. The number of hydrogen-bond acceptors (Lipinski definition) is 3. The summed E-state index contributed by atoms with van der Waals surface area (Å²) < 4.78 is 0. The Bertz CT molecular complexity index is 379. The van der Waals surface area contributed by atoms with E-state index in [1.807, 2.05) is 0 Å². The normalized spacial score (nSPS) is 40.1. The highest BCUT2D eigenvalue weighted by Crippen LogP contribution is 2.42. The zero-order chi connectivity index (χ0) is 15.5. The second-order valence-electron chi connectivity index (χ2n) is 7.65. The molecule has 4 atom stereocenters. The van der Waals surface area contributed by atoms with Gasteiger partial charge in [0, 0.05) is 23.3 Å². The summed E-state index contributed by atoms with van der Waals surface area (Å²) in [5, 5.41) is 4.14. The van der Waals surface area contributed by atoms with E-state index in [1.54, 1.807) is 0 Å². The molecule has 0 aromatic carbocycles. The van der Waals surface area contributed by atoms with Gasteiger partial charge in [-0.2, -0.15) is 11.8 Å². The first-order valence-electron chi connectivity index (χ1n) is 9.35. The van der Waals surface area contributed by atoms with Gasteiger partial charge in [0.2, 0.25) is 5.91 Å². The van der Waals surface area contributed by atoms with Gasteiger partial charge in [-0.25, -0.2) is 0 Å². The van der Waals surface area contributed by atoms with E-state index in [-0.39, 0.29) is 18.3 Å². The van der Waals surface area contributed by atoms with Gasteiger partial charge in [0.05, 0.1) is 0 Å². The molecule has 0 radical (unpaired) electrons. The molecule has 0 aliphatic heterocycles. The highest BCUT2D eigenvalue weighted by atomic mass is 35.5. The highest BCUT2D eigenvalue weighted by molar-refractivity contribution is 7.99. The predicted octanol–water partition coefficient (Wildman–Crippen LogP) is 3.74. The van der Waals surface area contributed by atoms with Crippen LogP contribution in [-0.2, 0) is 4.79 Å². The number of halogens is 1. The Kier molecular flexibility index (Phi) is 7.56. The number of hydrogen-bond donors (Lipinski definition) is 2. The Morgan fingerprint density at radius 1 is 1.09 bits per heavy atom. The fourth-order valence-electron chi connectivity index (χ4n) is 4.99. The predicted molar refractivity (Wildman–Crippen MR) is 101 cm³/mol. The first-order valence-corrected chi connectivity index (χ1v) is 10.4. The van der Waals surface area contributed by atoms with Crippen molar-refractivity contribution in [1.29, 1.82) is 0 Å². The molecule has 3 nitrogen and oxygen atoms in total. The first kappa shape index (κ1) is 19.4. The van der Waals surface area contributed by atoms with E-state index in [0.717, 1.165) is 18.1 Å². The third-order valence-corrected chi connectivity index (χ3v) is 7.39. The maximum absolute atomic E-state index is 12.7. The summed E-state index contributed by atoms with van der Waals surface area (Å²) in [5.41, 5.74) is 6.35. The number of rotatable bonds is 4. The van der Waals surface area contributed by atoms with Crippen molar-refractivity contribution in [3.63, 3.8) is 0 Å². The van der Waals surface area contributed by atoms with Crippen LogP contribution in [0.2, 0.25) is 0 Å². The van der Waals surface area contributed by atoms with Crippen molar-refractivity contribution < 1.29 is 4.79 Å². The smallest absolute Gasteiger partial charge is 0.223 e. The van der Waals surface area contributed by atoms with Crippen molar-refractivity contribution in [2.45, 2.75) is 82.0 Å². The van der Waals surface area contributed by atoms with Crippen molar-refractivity contribution in [2.75, 3.05) is 5.75 Å². The summed E-state index contributed by atoms with van der Waals surface area (Å²) in [7, 11) is 0. The zero-order valence-corrected chi connectivity index (χ0v) is 16.0. The third-order valence-electron chi connectivity index (χ3n) is 6.16. The maximum atomic E-state index is 12.7. The van der Waals surface area contributed by atoms with Crippen LogP contribution in [0, 0.1) is 17.8 Å². The van der Waals surface area contributed by atoms with E-state index in [4.69, 9.17) is 5.73 Å². The van der Waals surface area contributed by atoms with Gasteiger partial charge in [-0.05, 0) is 62.5 Å². The number of carbonyl (C=O) groups is 1. The van der Waals surface area contributed by atoms with E-state index in [1.165, 1.54) is 50.7 Å². The lowest BCUT2D eigenvalue weighted by atomic mass is 9.65. The lowest BCUT2D eigenvalue weighted by molar-refractivity contribution is -0.128. The van der Waals surface area contributed by atoms with Gasteiger partial charge in [0.1, 0.15) is 0 Å². The molecular formula is C18H33ClN2OS. The fourth-order valence-corrected chi connectivity index (χ4v) is 6.16. The molecule has 3 saturated carbocycles. The Morgan fingerprint density at radius 3 is 2.39 bits per heavy atom. The minimum Gasteiger partial charge on any atom is -0.353 e. The number of amides is 1. The SMILES string of the molecule is CCSC1CCCC(NC(=O)C2CC3CCCC(C2)C3N)C1.Cl. The lowest BCUT2D eigenvalue weighted by Gasteiger charge is -2.44. The Balaban J connectivity index is 0.00000192. The van der Waals surface area contributed by atoms with Crippen LogP contribution in [0.15, 0.2) is 0 Å². The van der Waals surface area contributed by atoms with Crippen molar-refractivity contribution in [3.05, 3.63) is 0 Å². The van der Waals surface area contributed by atoms with Gasteiger partial charge >= 0.3 is 0 Å². The van der Waals surface area contributed by atoms with Crippen LogP contribution in [-0.4, -0.2) is 29.0 Å². The molecule has 1 amide bonds. The lowest BCUT2D eigenvalue weighted by Crippen LogP contribution is -2.50. The number of thioether (sulfide) groups is 1. The van der Waals surface area contributed by atoms with E-state index in [0.29, 0.717) is 29.8 Å². The van der Waals surface area contributed by atoms with Gasteiger partial charge in [0.25, 0.3) is 0 Å². The molecule has 5 heteroatoms. The van der Waals surface area contributed by atoms with Crippen LogP contribution in [0.4, 0.5) is 0 Å². The van der Waals surface area contributed by atoms with E-state index in [9.17, 15) is 4.79 Å². The fraction of sp³-hybridized carbons (Fsp3) is 0.944. The molecule has 3 N–H and O–H groups in total. The molecule has 0 saturated heterocycles. The summed E-state index contributed by atoms with van der Waals surface area (Å²) in [6.45, 7) is 2.23. The van der Waals surface area contributed by atoms with E-state index in [2.05, 4.69) is 24.0 Å². The van der Waals surface area contributed by atoms with Crippen molar-refractivity contribution in [1.82, 2.24) is 5.32 Å². The molecule has 3 rings (SSSR count). The standard InChI is InChI=1S/C18H32N2OS.ClH/c1-2-22-16-8-4-7-15(11-16)20-18(21)14-9-12-5-3-6-13(10-14)17(12)19;/h12-17H,2-11,19H2,1H3,(H,20,21);1H. The monoisotopic (exact) mass is 360 g/mol. The quantitative estimate of drug-likeness (QED) is 0.802. The molecule has 0 aromatic rings. The Morgan fingerprint density at radius 2 is 1.74 bits per heavy atom. The van der Waals surface area contributed by atoms with Crippen LogP contribution in [0.1, 0.15) is 64.7 Å². The van der Waals surface area contributed by atoms with E-state index < -0.39 is 0 Å². The van der Waals surface area contributed by atoms with Crippen LogP contribution in [0.5, 0.6) is 0 Å². The van der Waals surface area contributed by atoms with Crippen LogP contribution in [0.25, 0.3) is 0 Å². The summed E-state index contributed by atoms with van der Waals surface area (Å²) >= 11 is 2.06. The van der Waals surface area contributed by atoms with Crippen LogP contribution < -0.4 is 11.1 Å². The molecule has 0 heterocycles. The number of nitrogens with one attached hydrogen (secondary N) is 1.